The highest BCUT2D eigenvalue weighted by Crippen LogP contribution is 2.25. The molecule has 0 spiro atoms. The summed E-state index contributed by atoms with van der Waals surface area (Å²) in [5, 5.41) is 2.87. The molecule has 2 aromatic rings. The third-order valence-electron chi connectivity index (χ3n) is 4.22. The van der Waals surface area contributed by atoms with Crippen LogP contribution in [0.2, 0.25) is 0 Å². The topological polar surface area (TPSA) is 58.6 Å². The maximum absolute atomic E-state index is 12.4. The van der Waals surface area contributed by atoms with Crippen molar-refractivity contribution in [3.05, 3.63) is 59.2 Å². The average Bonchev–Trinajstić information content (AvgIpc) is 2.97. The Morgan fingerprint density at radius 3 is 2.80 bits per heavy atom. The van der Waals surface area contributed by atoms with Gasteiger partial charge in [0.15, 0.2) is 0 Å². The molecule has 5 nitrogen and oxygen atoms in total. The molecular formula is C19H20N2O3S. The van der Waals surface area contributed by atoms with E-state index in [1.54, 1.807) is 29.8 Å². The molecule has 0 aromatic heterocycles. The lowest BCUT2D eigenvalue weighted by atomic mass is 10.1. The van der Waals surface area contributed by atoms with Crippen molar-refractivity contribution < 1.29 is 14.3 Å². The quantitative estimate of drug-likeness (QED) is 0.809. The first-order chi connectivity index (χ1) is 12.1. The largest absolute Gasteiger partial charge is 0.496 e. The normalized spacial score (nSPS) is 12.9. The first-order valence-electron chi connectivity index (χ1n) is 8.01. The van der Waals surface area contributed by atoms with Gasteiger partial charge in [0, 0.05) is 30.1 Å². The van der Waals surface area contributed by atoms with E-state index in [1.807, 2.05) is 42.7 Å². The molecule has 6 heteroatoms. The Morgan fingerprint density at radius 2 is 2.08 bits per heavy atom. The number of carbonyl (C=O) groups excluding carboxylic acids is 2. The summed E-state index contributed by atoms with van der Waals surface area (Å²) in [6, 6.07) is 13.1. The van der Waals surface area contributed by atoms with E-state index in [-0.39, 0.29) is 11.8 Å². The van der Waals surface area contributed by atoms with Crippen molar-refractivity contribution in [3.8, 4) is 5.75 Å². The minimum Gasteiger partial charge on any atom is -0.496 e. The Balaban J connectivity index is 1.58. The second kappa shape index (κ2) is 7.61. The summed E-state index contributed by atoms with van der Waals surface area (Å²) in [5.74, 6) is 0.370. The zero-order chi connectivity index (χ0) is 17.8. The van der Waals surface area contributed by atoms with Crippen LogP contribution in [0.15, 0.2) is 47.4 Å². The molecule has 0 fully saturated rings. The number of hydrogen-bond acceptors (Lipinski definition) is 4. The molecule has 3 rings (SSSR count). The zero-order valence-electron chi connectivity index (χ0n) is 14.2. The van der Waals surface area contributed by atoms with E-state index in [1.165, 1.54) is 0 Å². The van der Waals surface area contributed by atoms with Crippen LogP contribution < -0.4 is 10.1 Å². The maximum Gasteiger partial charge on any atom is 0.255 e. The van der Waals surface area contributed by atoms with E-state index in [9.17, 15) is 9.59 Å². The highest BCUT2D eigenvalue weighted by atomic mass is 32.2. The van der Waals surface area contributed by atoms with E-state index in [0.717, 1.165) is 16.0 Å². The lowest BCUT2D eigenvalue weighted by Gasteiger charge is -2.16. The molecule has 0 atom stereocenters. The predicted octanol–water partition coefficient (Wildman–Crippen LogP) is 2.80. The van der Waals surface area contributed by atoms with Crippen LogP contribution in [-0.4, -0.2) is 43.2 Å². The molecule has 0 saturated carbocycles. The second-order valence-electron chi connectivity index (χ2n) is 5.71. The number of thioether (sulfide) groups is 1. The van der Waals surface area contributed by atoms with E-state index < -0.39 is 0 Å². The van der Waals surface area contributed by atoms with Gasteiger partial charge in [0.05, 0.1) is 12.7 Å². The Kier molecular flexibility index (Phi) is 5.28. The molecule has 0 bridgehead atoms. The molecule has 130 valence electrons. The monoisotopic (exact) mass is 356 g/mol. The van der Waals surface area contributed by atoms with Crippen molar-refractivity contribution in [3.63, 3.8) is 0 Å². The van der Waals surface area contributed by atoms with Gasteiger partial charge in [0.1, 0.15) is 5.75 Å². The van der Waals surface area contributed by atoms with Crippen LogP contribution in [0.4, 0.5) is 0 Å². The number of amides is 2. The number of hydrogen-bond donors (Lipinski definition) is 1. The first-order valence-corrected chi connectivity index (χ1v) is 9.24. The second-order valence-corrected chi connectivity index (χ2v) is 6.59. The van der Waals surface area contributed by atoms with Gasteiger partial charge < -0.3 is 15.0 Å². The Bertz CT molecular complexity index is 807. The number of carbonyl (C=O) groups is 2. The highest BCUT2D eigenvalue weighted by Gasteiger charge is 2.26. The van der Waals surface area contributed by atoms with Crippen LogP contribution >= 0.6 is 11.8 Å². The summed E-state index contributed by atoms with van der Waals surface area (Å²) in [4.78, 5) is 27.5. The smallest absolute Gasteiger partial charge is 0.255 e. The molecule has 25 heavy (non-hydrogen) atoms. The number of nitrogens with zero attached hydrogens (tertiary/aromatic N) is 1. The molecule has 1 aliphatic rings. The number of nitrogens with one attached hydrogen (secondary N) is 1. The summed E-state index contributed by atoms with van der Waals surface area (Å²) >= 11 is 1.59. The van der Waals surface area contributed by atoms with Gasteiger partial charge in [0.2, 0.25) is 0 Å². The molecule has 0 radical (unpaired) electrons. The van der Waals surface area contributed by atoms with Gasteiger partial charge in [-0.2, -0.15) is 0 Å². The molecule has 2 aromatic carbocycles. The maximum atomic E-state index is 12.4. The number of fused-ring (bicyclic) bond motifs is 1. The van der Waals surface area contributed by atoms with Gasteiger partial charge in [-0.3, -0.25) is 9.59 Å². The van der Waals surface area contributed by atoms with Crippen LogP contribution in [0, 0.1) is 0 Å². The Hall–Kier alpha value is -2.47. The van der Waals surface area contributed by atoms with Crippen LogP contribution in [0.5, 0.6) is 5.75 Å². The number of rotatable bonds is 6. The van der Waals surface area contributed by atoms with Crippen molar-refractivity contribution in [1.82, 2.24) is 10.2 Å². The molecule has 0 unspecified atom stereocenters. The first kappa shape index (κ1) is 17.4. The van der Waals surface area contributed by atoms with Gasteiger partial charge in [-0.25, -0.2) is 0 Å². The summed E-state index contributed by atoms with van der Waals surface area (Å²) < 4.78 is 5.31. The standard InChI is InChI=1S/C19H20N2O3S/c1-24-17-11-14(25-2)7-8-16(17)18(22)20-9-10-21-12-13-5-3-4-6-15(13)19(21)23/h3-8,11H,9-10,12H2,1-2H3,(H,20,22). The van der Waals surface area contributed by atoms with Crippen LogP contribution in [0.25, 0.3) is 0 Å². The molecule has 0 aliphatic carbocycles. The van der Waals surface area contributed by atoms with Crippen LogP contribution in [0.3, 0.4) is 0 Å². The van der Waals surface area contributed by atoms with E-state index in [4.69, 9.17) is 4.74 Å². The van der Waals surface area contributed by atoms with Gasteiger partial charge in [-0.15, -0.1) is 11.8 Å². The van der Waals surface area contributed by atoms with Crippen molar-refractivity contribution in [1.29, 1.82) is 0 Å². The molecule has 1 N–H and O–H groups in total. The van der Waals surface area contributed by atoms with E-state index in [0.29, 0.717) is 30.9 Å². The number of methoxy groups -OCH3 is 1. The molecule has 2 amide bonds. The van der Waals surface area contributed by atoms with Crippen molar-refractivity contribution in [2.75, 3.05) is 26.5 Å². The van der Waals surface area contributed by atoms with Gasteiger partial charge in [0.25, 0.3) is 11.8 Å². The van der Waals surface area contributed by atoms with Gasteiger partial charge in [-0.05, 0) is 36.1 Å². The third-order valence-corrected chi connectivity index (χ3v) is 4.94. The van der Waals surface area contributed by atoms with Crippen molar-refractivity contribution in [2.24, 2.45) is 0 Å². The van der Waals surface area contributed by atoms with E-state index >= 15 is 0 Å². The molecule has 0 saturated heterocycles. The van der Waals surface area contributed by atoms with Gasteiger partial charge in [-0.1, -0.05) is 18.2 Å². The van der Waals surface area contributed by atoms with Crippen molar-refractivity contribution in [2.45, 2.75) is 11.4 Å². The van der Waals surface area contributed by atoms with Crippen LogP contribution in [0.1, 0.15) is 26.3 Å². The molecular weight excluding hydrogens is 336 g/mol. The molecule has 1 aliphatic heterocycles. The minimum atomic E-state index is -0.200. The Labute approximate surface area is 151 Å². The number of benzene rings is 2. The fourth-order valence-electron chi connectivity index (χ4n) is 2.88. The number of ether oxygens (including phenoxy) is 1. The van der Waals surface area contributed by atoms with Gasteiger partial charge >= 0.3 is 0 Å². The Morgan fingerprint density at radius 1 is 1.28 bits per heavy atom. The fourth-order valence-corrected chi connectivity index (χ4v) is 3.31. The SMILES string of the molecule is COc1cc(SC)ccc1C(=O)NCCN1Cc2ccccc2C1=O. The van der Waals surface area contributed by atoms with Crippen molar-refractivity contribution >= 4 is 23.6 Å². The molecule has 1 heterocycles. The average molecular weight is 356 g/mol. The third kappa shape index (κ3) is 3.64. The summed E-state index contributed by atoms with van der Waals surface area (Å²) in [7, 11) is 1.55. The summed E-state index contributed by atoms with van der Waals surface area (Å²) in [6.07, 6.45) is 1.97. The minimum absolute atomic E-state index is 0.0201. The predicted molar refractivity (Wildman–Crippen MR) is 98.3 cm³/mol. The zero-order valence-corrected chi connectivity index (χ0v) is 15.1. The summed E-state index contributed by atoms with van der Waals surface area (Å²) in [5.41, 5.74) is 2.28. The fraction of sp³-hybridized carbons (Fsp3) is 0.263. The van der Waals surface area contributed by atoms with E-state index in [2.05, 4.69) is 5.32 Å². The lowest BCUT2D eigenvalue weighted by Crippen LogP contribution is -2.35. The van der Waals surface area contributed by atoms with Crippen LogP contribution in [-0.2, 0) is 6.54 Å². The lowest BCUT2D eigenvalue weighted by molar-refractivity contribution is 0.0770. The summed E-state index contributed by atoms with van der Waals surface area (Å²) in [6.45, 7) is 1.47. The highest BCUT2D eigenvalue weighted by molar-refractivity contribution is 7.98.